The van der Waals surface area contributed by atoms with Crippen molar-refractivity contribution in [2.45, 2.75) is 122 Å². The summed E-state index contributed by atoms with van der Waals surface area (Å²) in [4.78, 5) is 0. The number of rotatable bonds is 20. The van der Waals surface area contributed by atoms with Crippen molar-refractivity contribution in [2.24, 2.45) is 0 Å². The van der Waals surface area contributed by atoms with Crippen LogP contribution in [0.5, 0.6) is 0 Å². The lowest BCUT2D eigenvalue weighted by molar-refractivity contribution is 0.289. The number of unbranched alkanes of at least 4 members (excludes halogenated alkanes) is 16. The molecule has 0 fully saturated rings. The first-order chi connectivity index (χ1) is 12.4. The molecule has 25 heavy (non-hydrogen) atoms. The van der Waals surface area contributed by atoms with Crippen LogP contribution in [0.15, 0.2) is 24.3 Å². The summed E-state index contributed by atoms with van der Waals surface area (Å²) < 4.78 is 0. The van der Waals surface area contributed by atoms with E-state index in [2.05, 4.69) is 31.2 Å². The molecule has 0 aliphatic carbocycles. The molecule has 0 amide bonds. The van der Waals surface area contributed by atoms with Gasteiger partial charge >= 0.3 is 0 Å². The molecule has 1 nitrogen and oxygen atoms in total. The first kappa shape index (κ1) is 24.4. The lowest BCUT2D eigenvalue weighted by Gasteiger charge is -2.03. The van der Waals surface area contributed by atoms with Crippen LogP contribution >= 0.6 is 0 Å². The quantitative estimate of drug-likeness (QED) is 0.173. The van der Waals surface area contributed by atoms with Gasteiger partial charge in [-0.3, -0.25) is 0 Å². The average Bonchev–Trinajstić information content (AvgIpc) is 2.63. The molecule has 0 atom stereocenters. The van der Waals surface area contributed by atoms with Crippen molar-refractivity contribution in [3.63, 3.8) is 0 Å². The third-order valence-corrected chi connectivity index (χ3v) is 4.89. The molecular formula is C24H46O. The molecule has 0 aromatic rings. The standard InChI is InChI=1S/C24H46O/c1-2-3-4-5-6-7-8-9-10-11-12-13-14-15-16-17-18-19-20-21-22-23-24-25/h18-21,25H,2-17,22-24H2,1H3. The van der Waals surface area contributed by atoms with Crippen LogP contribution in [-0.4, -0.2) is 11.7 Å². The van der Waals surface area contributed by atoms with Gasteiger partial charge in [-0.1, -0.05) is 121 Å². The van der Waals surface area contributed by atoms with Gasteiger partial charge in [0.1, 0.15) is 0 Å². The van der Waals surface area contributed by atoms with E-state index in [1.165, 1.54) is 103 Å². The largest absolute Gasteiger partial charge is 0.396 e. The van der Waals surface area contributed by atoms with Crippen molar-refractivity contribution in [3.05, 3.63) is 24.3 Å². The van der Waals surface area contributed by atoms with E-state index >= 15 is 0 Å². The van der Waals surface area contributed by atoms with Crippen LogP contribution in [0.3, 0.4) is 0 Å². The summed E-state index contributed by atoms with van der Waals surface area (Å²) in [6.07, 6.45) is 33.2. The van der Waals surface area contributed by atoms with Gasteiger partial charge in [-0.05, 0) is 25.7 Å². The highest BCUT2D eigenvalue weighted by Gasteiger charge is 1.94. The highest BCUT2D eigenvalue weighted by atomic mass is 16.2. The zero-order valence-corrected chi connectivity index (χ0v) is 17.2. The lowest BCUT2D eigenvalue weighted by atomic mass is 10.0. The molecule has 0 bridgehead atoms. The first-order valence-corrected chi connectivity index (χ1v) is 11.3. The normalized spacial score (nSPS) is 11.9. The highest BCUT2D eigenvalue weighted by Crippen LogP contribution is 2.13. The monoisotopic (exact) mass is 350 g/mol. The molecule has 0 rings (SSSR count). The Kier molecular flexibility index (Phi) is 22.9. The van der Waals surface area contributed by atoms with Crippen molar-refractivity contribution in [1.82, 2.24) is 0 Å². The summed E-state index contributed by atoms with van der Waals surface area (Å²) in [6.45, 7) is 2.59. The number of hydrogen-bond acceptors (Lipinski definition) is 1. The van der Waals surface area contributed by atoms with Crippen LogP contribution < -0.4 is 0 Å². The molecule has 0 aliphatic heterocycles. The number of allylic oxidation sites excluding steroid dienone is 4. The summed E-state index contributed by atoms with van der Waals surface area (Å²) in [5, 5.41) is 8.67. The Morgan fingerprint density at radius 3 is 1.24 bits per heavy atom. The predicted octanol–water partition coefficient (Wildman–Crippen LogP) is 8.13. The fourth-order valence-electron chi connectivity index (χ4n) is 3.19. The summed E-state index contributed by atoms with van der Waals surface area (Å²) in [6, 6.07) is 0. The van der Waals surface area contributed by atoms with Gasteiger partial charge in [0.2, 0.25) is 0 Å². The van der Waals surface area contributed by atoms with Gasteiger partial charge in [-0.2, -0.15) is 0 Å². The third-order valence-electron chi connectivity index (χ3n) is 4.89. The zero-order chi connectivity index (χ0) is 18.3. The molecule has 1 heteroatoms. The van der Waals surface area contributed by atoms with Gasteiger partial charge in [0.15, 0.2) is 0 Å². The van der Waals surface area contributed by atoms with Crippen molar-refractivity contribution >= 4 is 0 Å². The SMILES string of the molecule is CCCCCCCCCCCCCCCCCC=CC=CCCCO. The Labute approximate surface area is 159 Å². The van der Waals surface area contributed by atoms with Crippen LogP contribution in [0, 0.1) is 0 Å². The highest BCUT2D eigenvalue weighted by molar-refractivity contribution is 5.02. The minimum atomic E-state index is 0.299. The van der Waals surface area contributed by atoms with Gasteiger partial charge in [-0.25, -0.2) is 0 Å². The van der Waals surface area contributed by atoms with E-state index in [1.54, 1.807) is 0 Å². The minimum Gasteiger partial charge on any atom is -0.396 e. The number of aliphatic hydroxyl groups excluding tert-OH is 1. The van der Waals surface area contributed by atoms with Gasteiger partial charge in [-0.15, -0.1) is 0 Å². The molecule has 0 unspecified atom stereocenters. The van der Waals surface area contributed by atoms with Crippen LogP contribution in [0.4, 0.5) is 0 Å². The molecule has 0 heterocycles. The molecule has 0 spiro atoms. The van der Waals surface area contributed by atoms with Crippen LogP contribution in [0.2, 0.25) is 0 Å². The van der Waals surface area contributed by atoms with Crippen molar-refractivity contribution < 1.29 is 5.11 Å². The Bertz CT molecular complexity index is 280. The van der Waals surface area contributed by atoms with Gasteiger partial charge < -0.3 is 5.11 Å². The van der Waals surface area contributed by atoms with E-state index in [0.29, 0.717) is 6.61 Å². The Hall–Kier alpha value is -0.560. The van der Waals surface area contributed by atoms with E-state index in [0.717, 1.165) is 12.8 Å². The Morgan fingerprint density at radius 2 is 0.840 bits per heavy atom. The van der Waals surface area contributed by atoms with Crippen molar-refractivity contribution in [3.8, 4) is 0 Å². The topological polar surface area (TPSA) is 20.2 Å². The number of hydrogen-bond donors (Lipinski definition) is 1. The van der Waals surface area contributed by atoms with Crippen LogP contribution in [0.1, 0.15) is 122 Å². The van der Waals surface area contributed by atoms with E-state index in [9.17, 15) is 0 Å². The zero-order valence-electron chi connectivity index (χ0n) is 17.2. The molecular weight excluding hydrogens is 304 g/mol. The third kappa shape index (κ3) is 23.4. The van der Waals surface area contributed by atoms with Crippen LogP contribution in [0.25, 0.3) is 0 Å². The maximum atomic E-state index is 8.67. The van der Waals surface area contributed by atoms with Gasteiger partial charge in [0, 0.05) is 6.61 Å². The van der Waals surface area contributed by atoms with E-state index in [-0.39, 0.29) is 0 Å². The molecule has 1 N–H and O–H groups in total. The van der Waals surface area contributed by atoms with Gasteiger partial charge in [0.25, 0.3) is 0 Å². The fraction of sp³-hybridized carbons (Fsp3) is 0.833. The average molecular weight is 351 g/mol. The Balaban J connectivity index is 3.07. The van der Waals surface area contributed by atoms with E-state index in [1.807, 2.05) is 0 Å². The maximum absolute atomic E-state index is 8.67. The molecule has 0 aliphatic rings. The fourth-order valence-corrected chi connectivity index (χ4v) is 3.19. The molecule has 0 saturated heterocycles. The van der Waals surface area contributed by atoms with E-state index < -0.39 is 0 Å². The van der Waals surface area contributed by atoms with Crippen LogP contribution in [-0.2, 0) is 0 Å². The maximum Gasteiger partial charge on any atom is 0.0433 e. The lowest BCUT2D eigenvalue weighted by Crippen LogP contribution is -1.83. The molecule has 148 valence electrons. The summed E-state index contributed by atoms with van der Waals surface area (Å²) >= 11 is 0. The van der Waals surface area contributed by atoms with E-state index in [4.69, 9.17) is 5.11 Å². The summed E-state index contributed by atoms with van der Waals surface area (Å²) in [5.74, 6) is 0. The van der Waals surface area contributed by atoms with Gasteiger partial charge in [0.05, 0.1) is 0 Å². The Morgan fingerprint density at radius 1 is 0.480 bits per heavy atom. The summed E-state index contributed by atoms with van der Waals surface area (Å²) in [5.41, 5.74) is 0. The number of aliphatic hydroxyl groups is 1. The molecule has 0 aromatic heterocycles. The second-order valence-electron chi connectivity index (χ2n) is 7.46. The second kappa shape index (κ2) is 23.4. The molecule has 0 saturated carbocycles. The predicted molar refractivity (Wildman–Crippen MR) is 114 cm³/mol. The first-order valence-electron chi connectivity index (χ1n) is 11.3. The molecule has 0 radical (unpaired) electrons. The van der Waals surface area contributed by atoms with Crippen molar-refractivity contribution in [2.75, 3.05) is 6.61 Å². The molecule has 0 aromatic carbocycles. The smallest absolute Gasteiger partial charge is 0.0433 e. The summed E-state index contributed by atoms with van der Waals surface area (Å²) in [7, 11) is 0. The van der Waals surface area contributed by atoms with Crippen molar-refractivity contribution in [1.29, 1.82) is 0 Å². The minimum absolute atomic E-state index is 0.299. The second-order valence-corrected chi connectivity index (χ2v) is 7.46.